The molecule has 2 N–H and O–H groups in total. The van der Waals surface area contributed by atoms with Gasteiger partial charge in [-0.15, -0.1) is 0 Å². The fraction of sp³-hybridized carbons (Fsp3) is 0.455. The lowest BCUT2D eigenvalue weighted by Crippen LogP contribution is -2.29. The van der Waals surface area contributed by atoms with Crippen LogP contribution in [0.4, 0.5) is 19.0 Å². The number of pyridine rings is 1. The SMILES string of the molecule is O=C(O)c1ccc(C(F)(F)F)nc1NC1CCC1. The number of aromatic nitrogens is 1. The normalized spacial score (nSPS) is 16.2. The van der Waals surface area contributed by atoms with Crippen LogP contribution in [0.25, 0.3) is 0 Å². The molecule has 18 heavy (non-hydrogen) atoms. The molecule has 1 aromatic heterocycles. The second-order valence-electron chi connectivity index (χ2n) is 4.17. The van der Waals surface area contributed by atoms with Crippen LogP contribution in [0.1, 0.15) is 35.3 Å². The van der Waals surface area contributed by atoms with Crippen LogP contribution in [0.15, 0.2) is 12.1 Å². The number of carbonyl (C=O) groups is 1. The maximum Gasteiger partial charge on any atom is 0.433 e. The van der Waals surface area contributed by atoms with Crippen LogP contribution in [0.2, 0.25) is 0 Å². The number of carboxylic acids is 1. The van der Waals surface area contributed by atoms with Crippen LogP contribution < -0.4 is 5.32 Å². The molecule has 1 aliphatic rings. The molecule has 0 radical (unpaired) electrons. The second kappa shape index (κ2) is 4.47. The monoisotopic (exact) mass is 260 g/mol. The van der Waals surface area contributed by atoms with Crippen molar-refractivity contribution in [2.75, 3.05) is 5.32 Å². The predicted molar refractivity (Wildman–Crippen MR) is 57.5 cm³/mol. The number of nitrogens with one attached hydrogen (secondary N) is 1. The third-order valence-corrected chi connectivity index (χ3v) is 2.86. The molecule has 1 aromatic rings. The molecule has 1 fully saturated rings. The van der Waals surface area contributed by atoms with Gasteiger partial charge in [0.2, 0.25) is 0 Å². The fourth-order valence-corrected chi connectivity index (χ4v) is 1.65. The molecule has 1 saturated carbocycles. The van der Waals surface area contributed by atoms with Gasteiger partial charge in [0.15, 0.2) is 0 Å². The minimum Gasteiger partial charge on any atom is -0.478 e. The zero-order valence-electron chi connectivity index (χ0n) is 9.29. The van der Waals surface area contributed by atoms with Crippen LogP contribution in [0, 0.1) is 0 Å². The summed E-state index contributed by atoms with van der Waals surface area (Å²) < 4.78 is 37.5. The maximum atomic E-state index is 12.5. The Kier molecular flexibility index (Phi) is 3.14. The zero-order chi connectivity index (χ0) is 13.3. The first-order valence-electron chi connectivity index (χ1n) is 5.46. The molecule has 98 valence electrons. The van der Waals surface area contributed by atoms with Crippen molar-refractivity contribution in [3.05, 3.63) is 23.4 Å². The first-order valence-corrected chi connectivity index (χ1v) is 5.46. The van der Waals surface area contributed by atoms with Crippen molar-refractivity contribution in [1.82, 2.24) is 4.98 Å². The van der Waals surface area contributed by atoms with Gasteiger partial charge in [0.25, 0.3) is 0 Å². The summed E-state index contributed by atoms with van der Waals surface area (Å²) in [5.41, 5.74) is -1.33. The van der Waals surface area contributed by atoms with Gasteiger partial charge < -0.3 is 10.4 Å². The van der Waals surface area contributed by atoms with Crippen molar-refractivity contribution >= 4 is 11.8 Å². The molecule has 0 amide bonds. The Morgan fingerprint density at radius 2 is 2.06 bits per heavy atom. The summed E-state index contributed by atoms with van der Waals surface area (Å²) >= 11 is 0. The van der Waals surface area contributed by atoms with E-state index >= 15 is 0 Å². The summed E-state index contributed by atoms with van der Waals surface area (Å²) in [6, 6.07) is 1.62. The number of rotatable bonds is 3. The van der Waals surface area contributed by atoms with E-state index in [0.717, 1.165) is 25.3 Å². The molecule has 2 rings (SSSR count). The molecule has 7 heteroatoms. The highest BCUT2D eigenvalue weighted by Crippen LogP contribution is 2.31. The van der Waals surface area contributed by atoms with Crippen molar-refractivity contribution in [3.8, 4) is 0 Å². The zero-order valence-corrected chi connectivity index (χ0v) is 9.29. The third-order valence-electron chi connectivity index (χ3n) is 2.86. The lowest BCUT2D eigenvalue weighted by Gasteiger charge is -2.27. The quantitative estimate of drug-likeness (QED) is 0.877. The fourth-order valence-electron chi connectivity index (χ4n) is 1.65. The van der Waals surface area contributed by atoms with E-state index in [2.05, 4.69) is 10.3 Å². The van der Waals surface area contributed by atoms with E-state index < -0.39 is 17.8 Å². The number of nitrogens with zero attached hydrogens (tertiary/aromatic N) is 1. The highest BCUT2D eigenvalue weighted by atomic mass is 19.4. The van der Waals surface area contributed by atoms with Gasteiger partial charge >= 0.3 is 12.1 Å². The first-order chi connectivity index (χ1) is 8.38. The summed E-state index contributed by atoms with van der Waals surface area (Å²) in [7, 11) is 0. The van der Waals surface area contributed by atoms with Crippen LogP contribution in [-0.4, -0.2) is 22.1 Å². The number of hydrogen-bond acceptors (Lipinski definition) is 3. The summed E-state index contributed by atoms with van der Waals surface area (Å²) in [5, 5.41) is 11.7. The van der Waals surface area contributed by atoms with E-state index in [1.54, 1.807) is 0 Å². The minimum atomic E-state index is -4.58. The van der Waals surface area contributed by atoms with Gasteiger partial charge in [-0.3, -0.25) is 0 Å². The van der Waals surface area contributed by atoms with Crippen LogP contribution in [0.5, 0.6) is 0 Å². The lowest BCUT2D eigenvalue weighted by molar-refractivity contribution is -0.141. The Bertz CT molecular complexity index is 470. The molecule has 0 unspecified atom stereocenters. The van der Waals surface area contributed by atoms with E-state index in [1.807, 2.05) is 0 Å². The number of halogens is 3. The maximum absolute atomic E-state index is 12.5. The Hall–Kier alpha value is -1.79. The average molecular weight is 260 g/mol. The van der Waals surface area contributed by atoms with Crippen molar-refractivity contribution in [3.63, 3.8) is 0 Å². The molecule has 0 bridgehead atoms. The van der Waals surface area contributed by atoms with E-state index in [4.69, 9.17) is 5.11 Å². The molecule has 1 aliphatic carbocycles. The summed E-state index contributed by atoms with van der Waals surface area (Å²) in [6.07, 6.45) is -1.96. The highest BCUT2D eigenvalue weighted by molar-refractivity contribution is 5.93. The van der Waals surface area contributed by atoms with Gasteiger partial charge in [0, 0.05) is 6.04 Å². The molecular formula is C11H11F3N2O2. The second-order valence-corrected chi connectivity index (χ2v) is 4.17. The largest absolute Gasteiger partial charge is 0.478 e. The predicted octanol–water partition coefficient (Wildman–Crippen LogP) is 2.76. The van der Waals surface area contributed by atoms with Crippen LogP contribution in [-0.2, 0) is 6.18 Å². The van der Waals surface area contributed by atoms with E-state index in [1.165, 1.54) is 0 Å². The van der Waals surface area contributed by atoms with Crippen molar-refractivity contribution < 1.29 is 23.1 Å². The third kappa shape index (κ3) is 2.55. The van der Waals surface area contributed by atoms with Gasteiger partial charge in [-0.2, -0.15) is 13.2 Å². The molecule has 0 spiro atoms. The van der Waals surface area contributed by atoms with Gasteiger partial charge in [0.05, 0.1) is 0 Å². The number of aromatic carboxylic acids is 1. The van der Waals surface area contributed by atoms with Crippen molar-refractivity contribution in [2.45, 2.75) is 31.5 Å². The highest BCUT2D eigenvalue weighted by Gasteiger charge is 2.34. The lowest BCUT2D eigenvalue weighted by atomic mass is 9.93. The minimum absolute atomic E-state index is 0.0130. The van der Waals surface area contributed by atoms with E-state index in [0.29, 0.717) is 6.07 Å². The van der Waals surface area contributed by atoms with Crippen LogP contribution >= 0.6 is 0 Å². The van der Waals surface area contributed by atoms with Crippen molar-refractivity contribution in [2.24, 2.45) is 0 Å². The van der Waals surface area contributed by atoms with Gasteiger partial charge in [-0.1, -0.05) is 0 Å². The molecule has 0 aliphatic heterocycles. The van der Waals surface area contributed by atoms with Gasteiger partial charge in [-0.25, -0.2) is 9.78 Å². The summed E-state index contributed by atoms with van der Waals surface area (Å²) in [6.45, 7) is 0. The van der Waals surface area contributed by atoms with Crippen LogP contribution in [0.3, 0.4) is 0 Å². The topological polar surface area (TPSA) is 62.2 Å². The molecule has 4 nitrogen and oxygen atoms in total. The Labute approximate surface area is 101 Å². The molecule has 1 heterocycles. The standard InChI is InChI=1S/C11H11F3N2O2/c12-11(13,14)8-5-4-7(10(17)18)9(16-8)15-6-2-1-3-6/h4-6H,1-3H2,(H,15,16)(H,17,18). The molecule has 0 atom stereocenters. The Morgan fingerprint density at radius 3 is 2.50 bits per heavy atom. The van der Waals surface area contributed by atoms with E-state index in [-0.39, 0.29) is 17.4 Å². The Morgan fingerprint density at radius 1 is 1.39 bits per heavy atom. The molecule has 0 saturated heterocycles. The number of alkyl halides is 3. The van der Waals surface area contributed by atoms with Crippen molar-refractivity contribution in [1.29, 1.82) is 0 Å². The summed E-state index contributed by atoms with van der Waals surface area (Å²) in [4.78, 5) is 14.3. The van der Waals surface area contributed by atoms with Gasteiger partial charge in [0.1, 0.15) is 17.1 Å². The average Bonchev–Trinajstić information content (AvgIpc) is 2.21. The molecule has 0 aromatic carbocycles. The number of hydrogen-bond donors (Lipinski definition) is 2. The smallest absolute Gasteiger partial charge is 0.433 e. The number of anilines is 1. The Balaban J connectivity index is 2.34. The van der Waals surface area contributed by atoms with Gasteiger partial charge in [-0.05, 0) is 31.4 Å². The number of carboxylic acid groups (broad SMARTS) is 1. The van der Waals surface area contributed by atoms with E-state index in [9.17, 15) is 18.0 Å². The summed E-state index contributed by atoms with van der Waals surface area (Å²) in [5.74, 6) is -1.50. The molecular weight excluding hydrogens is 249 g/mol. The first kappa shape index (κ1) is 12.7.